The van der Waals surface area contributed by atoms with E-state index in [9.17, 15) is 9.59 Å². The van der Waals surface area contributed by atoms with Crippen molar-refractivity contribution in [3.05, 3.63) is 18.5 Å². The Kier molecular flexibility index (Phi) is 6.15. The van der Waals surface area contributed by atoms with Gasteiger partial charge in [-0.05, 0) is 40.7 Å². The molecule has 1 aromatic heterocycles. The van der Waals surface area contributed by atoms with Gasteiger partial charge in [-0.1, -0.05) is 0 Å². The second-order valence-corrected chi connectivity index (χ2v) is 5.54. The highest BCUT2D eigenvalue weighted by molar-refractivity contribution is 5.87. The van der Waals surface area contributed by atoms with Gasteiger partial charge in [-0.3, -0.25) is 10.3 Å². The summed E-state index contributed by atoms with van der Waals surface area (Å²) in [5.74, 6) is 0.172. The van der Waals surface area contributed by atoms with Crippen molar-refractivity contribution in [2.75, 3.05) is 18.4 Å². The molecule has 0 aliphatic rings. The number of pyridine rings is 1. The molecule has 1 N–H and O–H groups in total. The molecule has 0 bridgehead atoms. The number of hydrogen-bond acceptors (Lipinski definition) is 5. The maximum absolute atomic E-state index is 12.0. The number of carbonyl (C=O) groups excluding carboxylic acids is 2. The minimum absolute atomic E-state index is 0.172. The Labute approximate surface area is 130 Å². The topological polar surface area (TPSA) is 80.8 Å². The average Bonchev–Trinajstić information content (AvgIpc) is 2.40. The predicted molar refractivity (Wildman–Crippen MR) is 83.0 cm³/mol. The SMILES string of the molecule is CCN(CC)C(=O)Oc1cnccc1NC(=O)OC(C)(C)C. The van der Waals surface area contributed by atoms with Crippen molar-refractivity contribution in [1.82, 2.24) is 9.88 Å². The molecule has 1 rings (SSSR count). The fraction of sp³-hybridized carbons (Fsp3) is 0.533. The molecule has 7 heteroatoms. The van der Waals surface area contributed by atoms with E-state index in [2.05, 4.69) is 10.3 Å². The summed E-state index contributed by atoms with van der Waals surface area (Å²) in [5.41, 5.74) is -0.292. The smallest absolute Gasteiger partial charge is 0.415 e. The summed E-state index contributed by atoms with van der Waals surface area (Å²) in [4.78, 5) is 29.2. The highest BCUT2D eigenvalue weighted by Crippen LogP contribution is 2.24. The maximum Gasteiger partial charge on any atom is 0.415 e. The molecule has 0 spiro atoms. The van der Waals surface area contributed by atoms with E-state index in [0.717, 1.165) is 0 Å². The van der Waals surface area contributed by atoms with Crippen LogP contribution in [0.3, 0.4) is 0 Å². The Bertz CT molecular complexity index is 522. The monoisotopic (exact) mass is 309 g/mol. The molecule has 0 saturated heterocycles. The number of hydrogen-bond donors (Lipinski definition) is 1. The number of rotatable bonds is 4. The lowest BCUT2D eigenvalue weighted by molar-refractivity contribution is 0.0635. The zero-order valence-electron chi connectivity index (χ0n) is 13.7. The third-order valence-corrected chi connectivity index (χ3v) is 2.64. The van der Waals surface area contributed by atoms with Crippen LogP contribution in [0.15, 0.2) is 18.5 Å². The van der Waals surface area contributed by atoms with Crippen LogP contribution in [-0.4, -0.2) is 40.8 Å². The lowest BCUT2D eigenvalue weighted by Gasteiger charge is -2.21. The Morgan fingerprint density at radius 3 is 2.45 bits per heavy atom. The highest BCUT2D eigenvalue weighted by Gasteiger charge is 2.19. The van der Waals surface area contributed by atoms with E-state index in [0.29, 0.717) is 18.8 Å². The second kappa shape index (κ2) is 7.63. The van der Waals surface area contributed by atoms with E-state index in [1.807, 2.05) is 13.8 Å². The first-order valence-electron chi connectivity index (χ1n) is 7.17. The van der Waals surface area contributed by atoms with Crippen molar-refractivity contribution >= 4 is 17.9 Å². The first-order valence-corrected chi connectivity index (χ1v) is 7.17. The number of aromatic nitrogens is 1. The molecule has 1 heterocycles. The van der Waals surface area contributed by atoms with E-state index >= 15 is 0 Å². The van der Waals surface area contributed by atoms with Gasteiger partial charge in [-0.15, -0.1) is 0 Å². The molecular formula is C15H23N3O4. The van der Waals surface area contributed by atoms with Crippen LogP contribution in [0.4, 0.5) is 15.3 Å². The fourth-order valence-electron chi connectivity index (χ4n) is 1.62. The van der Waals surface area contributed by atoms with Crippen LogP contribution in [0, 0.1) is 0 Å². The molecule has 0 radical (unpaired) electrons. The minimum Gasteiger partial charge on any atom is -0.444 e. The lowest BCUT2D eigenvalue weighted by Crippen LogP contribution is -2.33. The van der Waals surface area contributed by atoms with Crippen LogP contribution in [0.2, 0.25) is 0 Å². The van der Waals surface area contributed by atoms with Crippen LogP contribution < -0.4 is 10.1 Å². The molecule has 1 aromatic rings. The predicted octanol–water partition coefficient (Wildman–Crippen LogP) is 3.27. The average molecular weight is 309 g/mol. The zero-order chi connectivity index (χ0) is 16.8. The normalized spacial score (nSPS) is 10.8. The summed E-state index contributed by atoms with van der Waals surface area (Å²) in [6.07, 6.45) is 1.74. The van der Waals surface area contributed by atoms with Crippen LogP contribution >= 0.6 is 0 Å². The van der Waals surface area contributed by atoms with Gasteiger partial charge in [0.15, 0.2) is 5.75 Å². The molecule has 0 atom stereocenters. The van der Waals surface area contributed by atoms with Crippen molar-refractivity contribution in [2.24, 2.45) is 0 Å². The molecule has 0 fully saturated rings. The fourth-order valence-corrected chi connectivity index (χ4v) is 1.62. The maximum atomic E-state index is 12.0. The lowest BCUT2D eigenvalue weighted by atomic mass is 10.2. The molecule has 0 aliphatic carbocycles. The van der Waals surface area contributed by atoms with Crippen LogP contribution in [-0.2, 0) is 4.74 Å². The van der Waals surface area contributed by atoms with E-state index in [-0.39, 0.29) is 5.75 Å². The van der Waals surface area contributed by atoms with Gasteiger partial charge in [0.05, 0.1) is 11.9 Å². The van der Waals surface area contributed by atoms with Crippen LogP contribution in [0.5, 0.6) is 5.75 Å². The van der Waals surface area contributed by atoms with Crippen LogP contribution in [0.1, 0.15) is 34.6 Å². The van der Waals surface area contributed by atoms with Gasteiger partial charge in [0.2, 0.25) is 0 Å². The van der Waals surface area contributed by atoms with Gasteiger partial charge in [-0.2, -0.15) is 0 Å². The van der Waals surface area contributed by atoms with E-state index in [1.54, 1.807) is 20.8 Å². The van der Waals surface area contributed by atoms with Gasteiger partial charge in [0.1, 0.15) is 5.60 Å². The summed E-state index contributed by atoms with van der Waals surface area (Å²) >= 11 is 0. The Hall–Kier alpha value is -2.31. The molecule has 0 saturated carbocycles. The number of anilines is 1. The Morgan fingerprint density at radius 2 is 1.91 bits per heavy atom. The quantitative estimate of drug-likeness (QED) is 0.923. The number of carbonyl (C=O) groups is 2. The van der Waals surface area contributed by atoms with Crippen molar-refractivity contribution in [3.63, 3.8) is 0 Å². The molecule has 0 aromatic carbocycles. The summed E-state index contributed by atoms with van der Waals surface area (Å²) in [7, 11) is 0. The van der Waals surface area contributed by atoms with E-state index in [4.69, 9.17) is 9.47 Å². The Morgan fingerprint density at radius 1 is 1.27 bits per heavy atom. The molecule has 0 unspecified atom stereocenters. The molecule has 122 valence electrons. The standard InChI is InChI=1S/C15H23N3O4/c1-6-18(7-2)14(20)21-12-10-16-9-8-11(12)17-13(19)22-15(3,4)5/h8-10H,6-7H2,1-5H3,(H,16,17,19). The second-order valence-electron chi connectivity index (χ2n) is 5.54. The summed E-state index contributed by atoms with van der Waals surface area (Å²) in [6, 6.07) is 1.54. The molecule has 22 heavy (non-hydrogen) atoms. The van der Waals surface area contributed by atoms with Gasteiger partial charge >= 0.3 is 12.2 Å². The number of nitrogens with one attached hydrogen (secondary N) is 1. The van der Waals surface area contributed by atoms with E-state index < -0.39 is 17.8 Å². The van der Waals surface area contributed by atoms with Gasteiger partial charge in [0.25, 0.3) is 0 Å². The van der Waals surface area contributed by atoms with Gasteiger partial charge < -0.3 is 14.4 Å². The summed E-state index contributed by atoms with van der Waals surface area (Å²) < 4.78 is 10.4. The summed E-state index contributed by atoms with van der Waals surface area (Å²) in [5, 5.41) is 2.55. The van der Waals surface area contributed by atoms with Crippen molar-refractivity contribution in [3.8, 4) is 5.75 Å². The molecular weight excluding hydrogens is 286 g/mol. The number of amides is 2. The Balaban J connectivity index is 2.82. The first-order chi connectivity index (χ1) is 10.3. The van der Waals surface area contributed by atoms with Crippen molar-refractivity contribution < 1.29 is 19.1 Å². The number of nitrogens with zero attached hydrogens (tertiary/aromatic N) is 2. The largest absolute Gasteiger partial charge is 0.444 e. The molecule has 0 aliphatic heterocycles. The van der Waals surface area contributed by atoms with Crippen LogP contribution in [0.25, 0.3) is 0 Å². The minimum atomic E-state index is -0.626. The van der Waals surface area contributed by atoms with E-state index in [1.165, 1.54) is 23.4 Å². The third-order valence-electron chi connectivity index (χ3n) is 2.64. The van der Waals surface area contributed by atoms with Gasteiger partial charge in [0, 0.05) is 19.3 Å². The first kappa shape index (κ1) is 17.7. The molecule has 7 nitrogen and oxygen atoms in total. The van der Waals surface area contributed by atoms with Gasteiger partial charge in [-0.25, -0.2) is 9.59 Å². The highest BCUT2D eigenvalue weighted by atomic mass is 16.6. The third kappa shape index (κ3) is 5.59. The molecule has 2 amide bonds. The van der Waals surface area contributed by atoms with Crippen molar-refractivity contribution in [1.29, 1.82) is 0 Å². The zero-order valence-corrected chi connectivity index (χ0v) is 13.7. The summed E-state index contributed by atoms with van der Waals surface area (Å²) in [6.45, 7) is 10.1. The number of ether oxygens (including phenoxy) is 2. The van der Waals surface area contributed by atoms with Crippen molar-refractivity contribution in [2.45, 2.75) is 40.2 Å².